The van der Waals surface area contributed by atoms with E-state index < -0.39 is 17.6 Å². The highest BCUT2D eigenvalue weighted by Crippen LogP contribution is 2.32. The molecular weight excluding hydrogens is 417 g/mol. The van der Waals surface area contributed by atoms with Crippen molar-refractivity contribution in [3.8, 4) is 17.2 Å². The molecule has 0 bridgehead atoms. The number of nitrogens with one attached hydrogen (secondary N) is 2. The largest absolute Gasteiger partial charge is 0.416 e. The van der Waals surface area contributed by atoms with Crippen molar-refractivity contribution in [3.05, 3.63) is 53.0 Å². The lowest BCUT2D eigenvalue weighted by Crippen LogP contribution is -2.37. The molecule has 0 fully saturated rings. The summed E-state index contributed by atoms with van der Waals surface area (Å²) < 4.78 is 38.9. The Bertz CT molecular complexity index is 1120. The fraction of sp³-hybridized carbons (Fsp3) is 0.200. The molecule has 0 aliphatic carbocycles. The van der Waals surface area contributed by atoms with Crippen LogP contribution in [0.25, 0.3) is 21.3 Å². The van der Waals surface area contributed by atoms with E-state index in [9.17, 15) is 22.8 Å². The molecule has 0 saturated carbocycles. The standard InChI is InChI=1S/C20H15F3N4O2S/c21-20(22,23)14-4-1-12(2-5-14)13-3-6-15-16(9-13)30-19(27-15)10-17(28)26-11-18(29)25-8-7-24/h1-6,9H,8,10-11H2,(H,25,29)(H,26,28). The summed E-state index contributed by atoms with van der Waals surface area (Å²) in [4.78, 5) is 27.8. The van der Waals surface area contributed by atoms with Crippen LogP contribution in [-0.2, 0) is 22.2 Å². The number of nitrogens with zero attached hydrogens (tertiary/aromatic N) is 2. The maximum Gasteiger partial charge on any atom is 0.416 e. The number of hydrogen-bond acceptors (Lipinski definition) is 5. The highest BCUT2D eigenvalue weighted by molar-refractivity contribution is 7.18. The lowest BCUT2D eigenvalue weighted by atomic mass is 10.0. The van der Waals surface area contributed by atoms with Crippen molar-refractivity contribution >= 4 is 33.4 Å². The van der Waals surface area contributed by atoms with Crippen LogP contribution in [0.2, 0.25) is 0 Å². The van der Waals surface area contributed by atoms with Crippen molar-refractivity contribution < 1.29 is 22.8 Å². The number of aromatic nitrogens is 1. The Balaban J connectivity index is 1.68. The second-order valence-electron chi connectivity index (χ2n) is 6.25. The summed E-state index contributed by atoms with van der Waals surface area (Å²) in [5.74, 6) is -0.848. The van der Waals surface area contributed by atoms with Gasteiger partial charge in [-0.2, -0.15) is 18.4 Å². The number of carbonyl (C=O) groups is 2. The third kappa shape index (κ3) is 5.33. The average Bonchev–Trinajstić information content (AvgIpc) is 3.11. The number of halogens is 3. The minimum atomic E-state index is -4.38. The van der Waals surface area contributed by atoms with Gasteiger partial charge < -0.3 is 10.6 Å². The first-order chi connectivity index (χ1) is 14.3. The molecule has 0 atom stereocenters. The number of alkyl halides is 3. The number of benzene rings is 2. The molecule has 3 aromatic rings. The topological polar surface area (TPSA) is 94.9 Å². The van der Waals surface area contributed by atoms with E-state index in [-0.39, 0.29) is 25.4 Å². The number of fused-ring (bicyclic) bond motifs is 1. The van der Waals surface area contributed by atoms with Crippen LogP contribution in [0.15, 0.2) is 42.5 Å². The molecule has 1 aromatic heterocycles. The quantitative estimate of drug-likeness (QED) is 0.585. The number of rotatable bonds is 6. The minimum Gasteiger partial charge on any atom is -0.347 e. The monoisotopic (exact) mass is 432 g/mol. The Morgan fingerprint density at radius 3 is 2.40 bits per heavy atom. The fourth-order valence-corrected chi connectivity index (χ4v) is 3.66. The Morgan fingerprint density at radius 1 is 1.03 bits per heavy atom. The average molecular weight is 432 g/mol. The summed E-state index contributed by atoms with van der Waals surface area (Å²) >= 11 is 1.29. The van der Waals surface area contributed by atoms with E-state index in [4.69, 9.17) is 5.26 Å². The van der Waals surface area contributed by atoms with Crippen LogP contribution in [0.5, 0.6) is 0 Å². The number of thiazole rings is 1. The van der Waals surface area contributed by atoms with Gasteiger partial charge in [0, 0.05) is 0 Å². The van der Waals surface area contributed by atoms with E-state index in [1.807, 2.05) is 6.07 Å². The lowest BCUT2D eigenvalue weighted by molar-refractivity contribution is -0.137. The molecule has 154 valence electrons. The van der Waals surface area contributed by atoms with Crippen LogP contribution in [-0.4, -0.2) is 29.9 Å². The predicted octanol–water partition coefficient (Wildman–Crippen LogP) is 3.28. The van der Waals surface area contributed by atoms with E-state index in [1.165, 1.54) is 23.5 Å². The zero-order valence-electron chi connectivity index (χ0n) is 15.4. The van der Waals surface area contributed by atoms with Gasteiger partial charge >= 0.3 is 6.18 Å². The highest BCUT2D eigenvalue weighted by Gasteiger charge is 2.29. The van der Waals surface area contributed by atoms with Gasteiger partial charge in [-0.25, -0.2) is 4.98 Å². The van der Waals surface area contributed by atoms with Gasteiger partial charge in [0.25, 0.3) is 0 Å². The van der Waals surface area contributed by atoms with Crippen molar-refractivity contribution in [3.63, 3.8) is 0 Å². The van der Waals surface area contributed by atoms with Crippen LogP contribution in [0.4, 0.5) is 13.2 Å². The van der Waals surface area contributed by atoms with Crippen LogP contribution in [0, 0.1) is 11.3 Å². The lowest BCUT2D eigenvalue weighted by Gasteiger charge is -2.07. The SMILES string of the molecule is N#CCNC(=O)CNC(=O)Cc1nc2ccc(-c3ccc(C(F)(F)F)cc3)cc2s1. The molecule has 6 nitrogen and oxygen atoms in total. The van der Waals surface area contributed by atoms with Gasteiger partial charge in [0.1, 0.15) is 11.6 Å². The molecular formula is C20H15F3N4O2S. The Morgan fingerprint density at radius 2 is 1.73 bits per heavy atom. The normalized spacial score (nSPS) is 11.1. The maximum atomic E-state index is 12.7. The Hall–Kier alpha value is -3.45. The van der Waals surface area contributed by atoms with Gasteiger partial charge in [-0.3, -0.25) is 9.59 Å². The van der Waals surface area contributed by atoms with E-state index in [1.54, 1.807) is 18.2 Å². The van der Waals surface area contributed by atoms with Crippen molar-refractivity contribution in [2.24, 2.45) is 0 Å². The van der Waals surface area contributed by atoms with Crippen molar-refractivity contribution in [1.29, 1.82) is 5.26 Å². The first-order valence-corrected chi connectivity index (χ1v) is 9.55. The smallest absolute Gasteiger partial charge is 0.347 e. The van der Waals surface area contributed by atoms with Gasteiger partial charge in [0.2, 0.25) is 11.8 Å². The Kier molecular flexibility index (Phi) is 6.32. The van der Waals surface area contributed by atoms with Crippen LogP contribution >= 0.6 is 11.3 Å². The summed E-state index contributed by atoms with van der Waals surface area (Å²) in [5, 5.41) is 13.7. The molecule has 0 aliphatic rings. The van der Waals surface area contributed by atoms with Gasteiger partial charge in [-0.1, -0.05) is 18.2 Å². The minimum absolute atomic E-state index is 0.0134. The molecule has 2 aromatic carbocycles. The highest BCUT2D eigenvalue weighted by atomic mass is 32.1. The van der Waals surface area contributed by atoms with Crippen molar-refractivity contribution in [1.82, 2.24) is 15.6 Å². The van der Waals surface area contributed by atoms with Crippen LogP contribution in [0.3, 0.4) is 0 Å². The number of hydrogen-bond donors (Lipinski definition) is 2. The molecule has 0 saturated heterocycles. The first-order valence-electron chi connectivity index (χ1n) is 8.73. The molecule has 0 spiro atoms. The van der Waals surface area contributed by atoms with Gasteiger partial charge in [0.15, 0.2) is 0 Å². The van der Waals surface area contributed by atoms with E-state index in [0.717, 1.165) is 22.4 Å². The van der Waals surface area contributed by atoms with Crippen LogP contribution in [0.1, 0.15) is 10.6 Å². The second-order valence-corrected chi connectivity index (χ2v) is 7.37. The number of nitriles is 1. The van der Waals surface area contributed by atoms with Crippen molar-refractivity contribution in [2.45, 2.75) is 12.6 Å². The molecule has 2 amide bonds. The van der Waals surface area contributed by atoms with Crippen LogP contribution < -0.4 is 10.6 Å². The summed E-state index contributed by atoms with van der Waals surface area (Å²) in [6, 6.07) is 12.0. The van der Waals surface area contributed by atoms with Gasteiger partial charge in [-0.05, 0) is 35.4 Å². The Labute approximate surface area is 173 Å². The first kappa shape index (κ1) is 21.3. The predicted molar refractivity (Wildman–Crippen MR) is 105 cm³/mol. The molecule has 3 rings (SSSR count). The van der Waals surface area contributed by atoms with E-state index in [0.29, 0.717) is 16.1 Å². The molecule has 2 N–H and O–H groups in total. The van der Waals surface area contributed by atoms with Gasteiger partial charge in [-0.15, -0.1) is 11.3 Å². The fourth-order valence-electron chi connectivity index (χ4n) is 2.66. The molecule has 10 heteroatoms. The second kappa shape index (κ2) is 8.92. The number of carbonyl (C=O) groups excluding carboxylic acids is 2. The third-order valence-corrected chi connectivity index (χ3v) is 5.12. The summed E-state index contributed by atoms with van der Waals surface area (Å²) in [6.07, 6.45) is -4.40. The van der Waals surface area contributed by atoms with Gasteiger partial charge in [0.05, 0.1) is 34.8 Å². The summed E-state index contributed by atoms with van der Waals surface area (Å²) in [6.45, 7) is -0.364. The van der Waals surface area contributed by atoms with Crippen molar-refractivity contribution in [2.75, 3.05) is 13.1 Å². The maximum absolute atomic E-state index is 12.7. The summed E-state index contributed by atoms with van der Waals surface area (Å²) in [5.41, 5.74) is 1.34. The third-order valence-electron chi connectivity index (χ3n) is 4.10. The van der Waals surface area contributed by atoms with E-state index >= 15 is 0 Å². The molecule has 0 aliphatic heterocycles. The zero-order valence-corrected chi connectivity index (χ0v) is 16.2. The number of amides is 2. The molecule has 30 heavy (non-hydrogen) atoms. The molecule has 1 heterocycles. The molecule has 0 unspecified atom stereocenters. The summed E-state index contributed by atoms with van der Waals surface area (Å²) in [7, 11) is 0. The molecule has 0 radical (unpaired) electrons. The zero-order chi connectivity index (χ0) is 21.7. The van der Waals surface area contributed by atoms with E-state index in [2.05, 4.69) is 15.6 Å².